The molecular formula is C20H23N5O2. The van der Waals surface area contributed by atoms with E-state index in [0.717, 1.165) is 17.7 Å². The molecule has 4 rings (SSSR count). The highest BCUT2D eigenvalue weighted by Crippen LogP contribution is 2.22. The van der Waals surface area contributed by atoms with E-state index < -0.39 is 0 Å². The van der Waals surface area contributed by atoms with Gasteiger partial charge in [0.2, 0.25) is 5.78 Å². The Bertz CT molecular complexity index is 1260. The van der Waals surface area contributed by atoms with Gasteiger partial charge in [0.1, 0.15) is 0 Å². The minimum atomic E-state index is -0.357. The Morgan fingerprint density at radius 3 is 2.52 bits per heavy atom. The summed E-state index contributed by atoms with van der Waals surface area (Å²) in [5.74, 6) is 0.696. The third-order valence-electron chi connectivity index (χ3n) is 5.28. The van der Waals surface area contributed by atoms with Crippen molar-refractivity contribution in [2.75, 3.05) is 0 Å². The van der Waals surface area contributed by atoms with Crippen LogP contribution < -0.4 is 11.2 Å². The maximum Gasteiger partial charge on any atom is 0.332 e. The first kappa shape index (κ1) is 17.3. The number of fused-ring (bicyclic) bond motifs is 3. The number of imidazole rings is 2. The smallest absolute Gasteiger partial charge is 0.311 e. The van der Waals surface area contributed by atoms with Gasteiger partial charge in [0.25, 0.3) is 5.56 Å². The molecule has 0 N–H and O–H groups in total. The third-order valence-corrected chi connectivity index (χ3v) is 5.28. The topological polar surface area (TPSA) is 66.2 Å². The molecule has 0 saturated carbocycles. The molecule has 0 saturated heterocycles. The van der Waals surface area contributed by atoms with Crippen LogP contribution in [-0.4, -0.2) is 23.1 Å². The second kappa shape index (κ2) is 6.26. The van der Waals surface area contributed by atoms with Crippen LogP contribution in [0.25, 0.3) is 16.9 Å². The number of hydrogen-bond donors (Lipinski definition) is 0. The monoisotopic (exact) mass is 365 g/mol. The first-order valence-corrected chi connectivity index (χ1v) is 9.17. The van der Waals surface area contributed by atoms with E-state index in [2.05, 4.69) is 23.4 Å². The van der Waals surface area contributed by atoms with Gasteiger partial charge in [-0.15, -0.1) is 0 Å². The van der Waals surface area contributed by atoms with E-state index in [1.807, 2.05) is 47.9 Å². The van der Waals surface area contributed by atoms with Crippen LogP contribution in [0, 0.1) is 6.92 Å². The predicted molar refractivity (Wildman–Crippen MR) is 105 cm³/mol. The molecule has 0 amide bonds. The van der Waals surface area contributed by atoms with Crippen LogP contribution in [0.4, 0.5) is 0 Å². The summed E-state index contributed by atoms with van der Waals surface area (Å²) in [5.41, 5.74) is 2.13. The van der Waals surface area contributed by atoms with E-state index in [-0.39, 0.29) is 23.8 Å². The molecule has 0 unspecified atom stereocenters. The highest BCUT2D eigenvalue weighted by Gasteiger charge is 2.21. The van der Waals surface area contributed by atoms with E-state index in [4.69, 9.17) is 0 Å². The first-order valence-electron chi connectivity index (χ1n) is 9.17. The van der Waals surface area contributed by atoms with Gasteiger partial charge in [-0.05, 0) is 25.8 Å². The molecule has 0 fully saturated rings. The lowest BCUT2D eigenvalue weighted by Gasteiger charge is -2.12. The SMILES string of the molecule is CC[C@H](C)n1c(C)cn2c3c(=O)n(Cc4ccccc4)c(=O)n(C)c3nc12. The van der Waals surface area contributed by atoms with Crippen molar-refractivity contribution in [3.05, 3.63) is 68.6 Å². The quantitative estimate of drug-likeness (QED) is 0.558. The van der Waals surface area contributed by atoms with Crippen molar-refractivity contribution in [1.82, 2.24) is 23.1 Å². The van der Waals surface area contributed by atoms with Crippen molar-refractivity contribution in [3.63, 3.8) is 0 Å². The van der Waals surface area contributed by atoms with Gasteiger partial charge in [0.05, 0.1) is 6.54 Å². The number of hydrogen-bond acceptors (Lipinski definition) is 3. The standard InChI is InChI=1S/C20H23N5O2/c1-5-13(2)25-14(3)11-23-16-17(21-19(23)25)22(4)20(27)24(18(16)26)12-15-9-7-6-8-10-15/h6-11,13H,5,12H2,1-4H3/t13-/m0/s1. The number of nitrogens with zero attached hydrogens (tertiary/aromatic N) is 5. The third kappa shape index (κ3) is 2.53. The summed E-state index contributed by atoms with van der Waals surface area (Å²) < 4.78 is 6.68. The number of aryl methyl sites for hydroxylation is 2. The van der Waals surface area contributed by atoms with Gasteiger partial charge in [-0.1, -0.05) is 37.3 Å². The zero-order valence-corrected chi connectivity index (χ0v) is 16.0. The average molecular weight is 365 g/mol. The summed E-state index contributed by atoms with van der Waals surface area (Å²) in [7, 11) is 1.67. The molecule has 1 aromatic carbocycles. The van der Waals surface area contributed by atoms with Gasteiger partial charge in [0, 0.05) is 25.0 Å². The van der Waals surface area contributed by atoms with Gasteiger partial charge >= 0.3 is 5.69 Å². The zero-order chi connectivity index (χ0) is 19.3. The lowest BCUT2D eigenvalue weighted by atomic mass is 10.2. The van der Waals surface area contributed by atoms with Crippen LogP contribution in [0.15, 0.2) is 46.1 Å². The fourth-order valence-corrected chi connectivity index (χ4v) is 3.66. The van der Waals surface area contributed by atoms with Crippen LogP contribution in [0.3, 0.4) is 0 Å². The van der Waals surface area contributed by atoms with Crippen molar-refractivity contribution >= 4 is 16.9 Å². The number of benzene rings is 1. The van der Waals surface area contributed by atoms with Crippen LogP contribution in [0.5, 0.6) is 0 Å². The van der Waals surface area contributed by atoms with E-state index in [9.17, 15) is 9.59 Å². The van der Waals surface area contributed by atoms with Crippen molar-refractivity contribution in [2.45, 2.75) is 39.8 Å². The van der Waals surface area contributed by atoms with E-state index in [1.54, 1.807) is 7.05 Å². The molecule has 27 heavy (non-hydrogen) atoms. The van der Waals surface area contributed by atoms with Crippen LogP contribution in [0.2, 0.25) is 0 Å². The summed E-state index contributed by atoms with van der Waals surface area (Å²) in [4.78, 5) is 30.7. The van der Waals surface area contributed by atoms with Crippen LogP contribution >= 0.6 is 0 Å². The Kier molecular flexibility index (Phi) is 4.02. The predicted octanol–water partition coefficient (Wildman–Crippen LogP) is 2.48. The minimum absolute atomic E-state index is 0.237. The molecule has 3 heterocycles. The summed E-state index contributed by atoms with van der Waals surface area (Å²) in [6.07, 6.45) is 2.88. The minimum Gasteiger partial charge on any atom is -0.311 e. The zero-order valence-electron chi connectivity index (χ0n) is 16.0. The number of rotatable bonds is 4. The second-order valence-corrected chi connectivity index (χ2v) is 7.07. The molecule has 3 aromatic heterocycles. The van der Waals surface area contributed by atoms with E-state index >= 15 is 0 Å². The van der Waals surface area contributed by atoms with E-state index in [1.165, 1.54) is 9.13 Å². The van der Waals surface area contributed by atoms with E-state index in [0.29, 0.717) is 16.9 Å². The molecule has 0 aliphatic heterocycles. The Balaban J connectivity index is 2.04. The molecule has 4 aromatic rings. The number of aromatic nitrogens is 5. The molecule has 0 bridgehead atoms. The van der Waals surface area contributed by atoms with Crippen molar-refractivity contribution < 1.29 is 0 Å². The average Bonchev–Trinajstić information content (AvgIpc) is 3.18. The Morgan fingerprint density at radius 1 is 1.15 bits per heavy atom. The molecule has 7 nitrogen and oxygen atoms in total. The maximum absolute atomic E-state index is 13.2. The Morgan fingerprint density at radius 2 is 1.85 bits per heavy atom. The van der Waals surface area contributed by atoms with Crippen LogP contribution in [0.1, 0.15) is 37.6 Å². The molecule has 0 radical (unpaired) electrons. The van der Waals surface area contributed by atoms with Gasteiger partial charge in [-0.25, -0.2) is 4.79 Å². The molecule has 1 atom stereocenters. The van der Waals surface area contributed by atoms with Gasteiger partial charge in [-0.3, -0.25) is 18.3 Å². The summed E-state index contributed by atoms with van der Waals surface area (Å²) >= 11 is 0. The van der Waals surface area contributed by atoms with Gasteiger partial charge < -0.3 is 4.57 Å². The normalized spacial score (nSPS) is 12.9. The summed E-state index contributed by atoms with van der Waals surface area (Å²) in [6.45, 7) is 6.49. The molecular weight excluding hydrogens is 342 g/mol. The Labute approximate surface area is 156 Å². The summed E-state index contributed by atoms with van der Waals surface area (Å²) in [6, 6.07) is 9.78. The van der Waals surface area contributed by atoms with Crippen molar-refractivity contribution in [1.29, 1.82) is 0 Å². The fraction of sp³-hybridized carbons (Fsp3) is 0.350. The van der Waals surface area contributed by atoms with Gasteiger partial charge in [-0.2, -0.15) is 4.98 Å². The lowest BCUT2D eigenvalue weighted by Crippen LogP contribution is -2.39. The van der Waals surface area contributed by atoms with Crippen molar-refractivity contribution in [2.24, 2.45) is 7.05 Å². The summed E-state index contributed by atoms with van der Waals surface area (Å²) in [5, 5.41) is 0. The Hall–Kier alpha value is -3.09. The molecule has 0 spiro atoms. The molecule has 7 heteroatoms. The largest absolute Gasteiger partial charge is 0.332 e. The highest BCUT2D eigenvalue weighted by atomic mass is 16.2. The molecule has 0 aliphatic carbocycles. The van der Waals surface area contributed by atoms with Crippen molar-refractivity contribution in [3.8, 4) is 0 Å². The second-order valence-electron chi connectivity index (χ2n) is 7.07. The van der Waals surface area contributed by atoms with Gasteiger partial charge in [0.15, 0.2) is 11.2 Å². The molecule has 0 aliphatic rings. The first-order chi connectivity index (χ1) is 12.9. The van der Waals surface area contributed by atoms with Crippen LogP contribution in [-0.2, 0) is 13.6 Å². The maximum atomic E-state index is 13.2. The molecule has 140 valence electrons. The fourth-order valence-electron chi connectivity index (χ4n) is 3.66. The highest BCUT2D eigenvalue weighted by molar-refractivity contribution is 5.75. The lowest BCUT2D eigenvalue weighted by molar-refractivity contribution is 0.532.